The zero-order chi connectivity index (χ0) is 20.2. The zero-order valence-corrected chi connectivity index (χ0v) is 16.3. The van der Waals surface area contributed by atoms with Gasteiger partial charge in [0.2, 0.25) is 5.95 Å². The Morgan fingerprint density at radius 2 is 1.93 bits per heavy atom. The minimum absolute atomic E-state index is 0.236. The van der Waals surface area contributed by atoms with Crippen molar-refractivity contribution >= 4 is 33.7 Å². The first kappa shape index (κ1) is 17.0. The summed E-state index contributed by atoms with van der Waals surface area (Å²) in [5, 5.41) is 8.00. The highest BCUT2D eigenvalue weighted by Gasteiger charge is 2.28. The Morgan fingerprint density at radius 1 is 1.10 bits per heavy atom. The number of aromatic nitrogens is 6. The van der Waals surface area contributed by atoms with Crippen molar-refractivity contribution in [2.45, 2.75) is 18.8 Å². The molecule has 2 aromatic carbocycles. The number of anilines is 2. The summed E-state index contributed by atoms with van der Waals surface area (Å²) in [6.45, 7) is 0. The third-order valence-corrected chi connectivity index (χ3v) is 5.56. The van der Waals surface area contributed by atoms with Gasteiger partial charge in [-0.25, -0.2) is 9.67 Å². The SMILES string of the molecule is Cn1c(C2CC2)nc2cc(Nc3nc4c(cnn4-c4ccccc4)c(=O)[nH]3)ccc21. The molecule has 30 heavy (non-hydrogen) atoms. The molecule has 1 aliphatic carbocycles. The molecule has 5 aromatic rings. The van der Waals surface area contributed by atoms with E-state index in [0.717, 1.165) is 28.2 Å². The molecule has 2 N–H and O–H groups in total. The van der Waals surface area contributed by atoms with Gasteiger partial charge in [0.1, 0.15) is 11.2 Å². The zero-order valence-electron chi connectivity index (χ0n) is 16.3. The minimum Gasteiger partial charge on any atom is -0.331 e. The van der Waals surface area contributed by atoms with Crippen LogP contribution >= 0.6 is 0 Å². The van der Waals surface area contributed by atoms with Crippen molar-refractivity contribution in [3.63, 3.8) is 0 Å². The maximum atomic E-state index is 12.6. The first-order valence-electron chi connectivity index (χ1n) is 9.94. The van der Waals surface area contributed by atoms with Gasteiger partial charge in [0, 0.05) is 18.7 Å². The second-order valence-corrected chi connectivity index (χ2v) is 7.68. The lowest BCUT2D eigenvalue weighted by Crippen LogP contribution is -2.11. The lowest BCUT2D eigenvalue weighted by molar-refractivity contribution is 0.820. The summed E-state index contributed by atoms with van der Waals surface area (Å²) >= 11 is 0. The van der Waals surface area contributed by atoms with Crippen LogP contribution in [-0.2, 0) is 7.05 Å². The molecule has 0 spiro atoms. The van der Waals surface area contributed by atoms with Gasteiger partial charge in [-0.1, -0.05) is 18.2 Å². The molecule has 0 radical (unpaired) electrons. The highest BCUT2D eigenvalue weighted by Crippen LogP contribution is 2.40. The van der Waals surface area contributed by atoms with Crippen LogP contribution in [0.25, 0.3) is 27.8 Å². The summed E-state index contributed by atoms with van der Waals surface area (Å²) in [7, 11) is 2.06. The topological polar surface area (TPSA) is 93.4 Å². The highest BCUT2D eigenvalue weighted by atomic mass is 16.1. The molecule has 3 aromatic heterocycles. The number of hydrogen-bond donors (Lipinski definition) is 2. The van der Waals surface area contributed by atoms with Crippen molar-refractivity contribution in [3.8, 4) is 5.69 Å². The molecular formula is C22H19N7O. The molecule has 8 nitrogen and oxygen atoms in total. The van der Waals surface area contributed by atoms with Crippen molar-refractivity contribution in [2.75, 3.05) is 5.32 Å². The highest BCUT2D eigenvalue weighted by molar-refractivity contribution is 5.82. The van der Waals surface area contributed by atoms with Gasteiger partial charge in [-0.3, -0.25) is 9.78 Å². The molecule has 0 saturated heterocycles. The number of para-hydroxylation sites is 1. The average molecular weight is 397 g/mol. The lowest BCUT2D eigenvalue weighted by Gasteiger charge is -2.07. The third-order valence-electron chi connectivity index (χ3n) is 5.56. The number of nitrogens with one attached hydrogen (secondary N) is 2. The second kappa shape index (κ2) is 6.28. The lowest BCUT2D eigenvalue weighted by atomic mass is 10.3. The molecule has 0 bridgehead atoms. The summed E-state index contributed by atoms with van der Waals surface area (Å²) in [6.07, 6.45) is 3.96. The fraction of sp³-hybridized carbons (Fsp3) is 0.182. The van der Waals surface area contributed by atoms with Crippen LogP contribution in [0.4, 0.5) is 11.6 Å². The fourth-order valence-corrected chi connectivity index (χ4v) is 3.88. The molecule has 6 rings (SSSR count). The van der Waals surface area contributed by atoms with E-state index in [0.29, 0.717) is 22.9 Å². The Labute approximate surface area is 171 Å². The van der Waals surface area contributed by atoms with Gasteiger partial charge < -0.3 is 9.88 Å². The molecule has 1 saturated carbocycles. The van der Waals surface area contributed by atoms with Gasteiger partial charge in [0.25, 0.3) is 5.56 Å². The predicted octanol–water partition coefficient (Wildman–Crippen LogP) is 3.62. The van der Waals surface area contributed by atoms with E-state index < -0.39 is 0 Å². The number of aromatic amines is 1. The van der Waals surface area contributed by atoms with E-state index in [1.807, 2.05) is 48.5 Å². The number of imidazole rings is 1. The summed E-state index contributed by atoms with van der Waals surface area (Å²) in [5.74, 6) is 2.09. The first-order chi connectivity index (χ1) is 14.7. The van der Waals surface area contributed by atoms with Gasteiger partial charge in [-0.2, -0.15) is 10.1 Å². The van der Waals surface area contributed by atoms with Gasteiger partial charge >= 0.3 is 0 Å². The van der Waals surface area contributed by atoms with Gasteiger partial charge in [-0.15, -0.1) is 0 Å². The summed E-state index contributed by atoms with van der Waals surface area (Å²) < 4.78 is 3.83. The van der Waals surface area contributed by atoms with E-state index in [1.165, 1.54) is 19.0 Å². The number of benzene rings is 2. The van der Waals surface area contributed by atoms with Crippen LogP contribution in [0.2, 0.25) is 0 Å². The van der Waals surface area contributed by atoms with Crippen LogP contribution in [-0.4, -0.2) is 29.3 Å². The van der Waals surface area contributed by atoms with Crippen LogP contribution in [0.3, 0.4) is 0 Å². The predicted molar refractivity (Wildman–Crippen MR) is 115 cm³/mol. The normalized spacial score (nSPS) is 13.9. The number of fused-ring (bicyclic) bond motifs is 2. The molecule has 148 valence electrons. The average Bonchev–Trinajstić information content (AvgIpc) is 3.42. The van der Waals surface area contributed by atoms with Gasteiger partial charge in [-0.05, 0) is 43.2 Å². The molecule has 0 amide bonds. The van der Waals surface area contributed by atoms with Crippen molar-refractivity contribution in [3.05, 3.63) is 70.9 Å². The van der Waals surface area contributed by atoms with Crippen molar-refractivity contribution in [2.24, 2.45) is 7.05 Å². The van der Waals surface area contributed by atoms with Gasteiger partial charge in [0.05, 0.1) is 22.9 Å². The smallest absolute Gasteiger partial charge is 0.263 e. The number of rotatable bonds is 4. The molecule has 1 aliphatic rings. The first-order valence-corrected chi connectivity index (χ1v) is 9.94. The standard InChI is InChI=1S/C22H19N7O/c1-28-18-10-9-14(11-17(18)25-19(28)13-7-8-13)24-22-26-20-16(21(30)27-22)12-23-29(20)15-5-3-2-4-6-15/h2-6,9-13H,7-8H2,1H3,(H2,24,26,27,30). The van der Waals surface area contributed by atoms with E-state index in [4.69, 9.17) is 4.98 Å². The summed E-state index contributed by atoms with van der Waals surface area (Å²) in [4.78, 5) is 24.8. The maximum Gasteiger partial charge on any atom is 0.263 e. The van der Waals surface area contributed by atoms with Crippen molar-refractivity contribution in [1.29, 1.82) is 0 Å². The Morgan fingerprint density at radius 3 is 2.73 bits per heavy atom. The summed E-state index contributed by atoms with van der Waals surface area (Å²) in [5.41, 5.74) is 3.96. The number of hydrogen-bond acceptors (Lipinski definition) is 5. The monoisotopic (exact) mass is 397 g/mol. The third kappa shape index (κ3) is 2.68. The summed E-state index contributed by atoms with van der Waals surface area (Å²) in [6, 6.07) is 15.6. The number of nitrogens with zero attached hydrogens (tertiary/aromatic N) is 5. The van der Waals surface area contributed by atoms with Crippen LogP contribution in [0, 0.1) is 0 Å². The molecule has 3 heterocycles. The molecule has 1 fully saturated rings. The Kier molecular flexibility index (Phi) is 3.55. The molecule has 8 heteroatoms. The van der Waals surface area contributed by atoms with Crippen molar-refractivity contribution in [1.82, 2.24) is 29.3 Å². The number of H-pyrrole nitrogens is 1. The van der Waals surface area contributed by atoms with E-state index in [-0.39, 0.29) is 5.56 Å². The molecule has 0 aliphatic heterocycles. The minimum atomic E-state index is -0.236. The molecule has 0 unspecified atom stereocenters. The quantitative estimate of drug-likeness (QED) is 0.483. The van der Waals surface area contributed by atoms with Crippen LogP contribution < -0.4 is 10.9 Å². The second-order valence-electron chi connectivity index (χ2n) is 7.68. The maximum absolute atomic E-state index is 12.6. The van der Waals surface area contributed by atoms with E-state index in [1.54, 1.807) is 4.68 Å². The van der Waals surface area contributed by atoms with E-state index >= 15 is 0 Å². The van der Waals surface area contributed by atoms with Crippen LogP contribution in [0.5, 0.6) is 0 Å². The Hall–Kier alpha value is -3.94. The van der Waals surface area contributed by atoms with Crippen LogP contribution in [0.1, 0.15) is 24.6 Å². The molecular weight excluding hydrogens is 378 g/mol. The Balaban J connectivity index is 1.40. The van der Waals surface area contributed by atoms with Crippen molar-refractivity contribution < 1.29 is 0 Å². The van der Waals surface area contributed by atoms with Crippen LogP contribution in [0.15, 0.2) is 59.5 Å². The fourth-order valence-electron chi connectivity index (χ4n) is 3.88. The van der Waals surface area contributed by atoms with E-state index in [9.17, 15) is 4.79 Å². The molecule has 0 atom stereocenters. The van der Waals surface area contributed by atoms with E-state index in [2.05, 4.69) is 32.0 Å². The van der Waals surface area contributed by atoms with Gasteiger partial charge in [0.15, 0.2) is 5.65 Å². The number of aryl methyl sites for hydroxylation is 1. The largest absolute Gasteiger partial charge is 0.331 e. The Bertz CT molecular complexity index is 1460.